The Balaban J connectivity index is 1.90. The van der Waals surface area contributed by atoms with Gasteiger partial charge in [-0.05, 0) is 36.6 Å². The Kier molecular flexibility index (Phi) is 4.69. The Hall–Kier alpha value is -2.56. The van der Waals surface area contributed by atoms with Crippen LogP contribution in [0.5, 0.6) is 0 Å². The molecule has 5 nitrogen and oxygen atoms in total. The predicted octanol–water partition coefficient (Wildman–Crippen LogP) is 2.76. The molecule has 2 aromatic rings. The minimum absolute atomic E-state index is 0.0789. The lowest BCUT2D eigenvalue weighted by Crippen LogP contribution is -2.53. The van der Waals surface area contributed by atoms with Gasteiger partial charge in [-0.3, -0.25) is 9.59 Å². The lowest BCUT2D eigenvalue weighted by atomic mass is 9.93. The number of amides is 2. The fraction of sp³-hybridized carbons (Fsp3) is 0.368. The second kappa shape index (κ2) is 6.91. The van der Waals surface area contributed by atoms with Gasteiger partial charge in [0.2, 0.25) is 5.91 Å². The molecule has 5 heteroatoms. The molecule has 1 aromatic carbocycles. The number of fused-ring (bicyclic) bond motifs is 1. The first-order chi connectivity index (χ1) is 11.6. The van der Waals surface area contributed by atoms with Gasteiger partial charge in [-0.2, -0.15) is 0 Å². The third kappa shape index (κ3) is 3.20. The van der Waals surface area contributed by atoms with Gasteiger partial charge in [0.05, 0.1) is 6.26 Å². The van der Waals surface area contributed by atoms with E-state index in [-0.39, 0.29) is 23.6 Å². The number of furan rings is 1. The van der Waals surface area contributed by atoms with Crippen molar-refractivity contribution in [2.45, 2.75) is 45.3 Å². The van der Waals surface area contributed by atoms with Crippen LogP contribution in [0.3, 0.4) is 0 Å². The highest BCUT2D eigenvalue weighted by molar-refractivity contribution is 5.96. The Morgan fingerprint density at radius 1 is 1.25 bits per heavy atom. The van der Waals surface area contributed by atoms with Crippen molar-refractivity contribution in [2.24, 2.45) is 0 Å². The van der Waals surface area contributed by atoms with Crippen molar-refractivity contribution in [1.29, 1.82) is 0 Å². The second-order valence-corrected chi connectivity index (χ2v) is 6.22. The molecular formula is C19H22N2O3. The molecule has 0 fully saturated rings. The van der Waals surface area contributed by atoms with E-state index in [1.165, 1.54) is 6.26 Å². The van der Waals surface area contributed by atoms with Crippen LogP contribution < -0.4 is 5.32 Å². The Morgan fingerprint density at radius 3 is 2.67 bits per heavy atom. The molecule has 1 aliphatic heterocycles. The summed E-state index contributed by atoms with van der Waals surface area (Å²) in [4.78, 5) is 27.1. The summed E-state index contributed by atoms with van der Waals surface area (Å²) in [5, 5.41) is 3.00. The minimum atomic E-state index is -0.522. The van der Waals surface area contributed by atoms with Crippen LogP contribution >= 0.6 is 0 Å². The van der Waals surface area contributed by atoms with Gasteiger partial charge in [0.1, 0.15) is 6.04 Å². The Bertz CT molecular complexity index is 724. The zero-order valence-electron chi connectivity index (χ0n) is 14.0. The summed E-state index contributed by atoms with van der Waals surface area (Å²) in [5.41, 5.74) is 2.19. The maximum atomic E-state index is 12.8. The molecule has 1 N–H and O–H groups in total. The van der Waals surface area contributed by atoms with Crippen LogP contribution in [0.1, 0.15) is 41.9 Å². The number of carbonyl (C=O) groups is 2. The molecule has 1 aromatic heterocycles. The molecule has 0 saturated carbocycles. The highest BCUT2D eigenvalue weighted by Crippen LogP contribution is 2.25. The number of hydrogen-bond acceptors (Lipinski definition) is 3. The molecule has 2 amide bonds. The summed E-state index contributed by atoms with van der Waals surface area (Å²) in [6.07, 6.45) is 2.84. The molecule has 2 heterocycles. The third-order valence-corrected chi connectivity index (χ3v) is 4.55. The van der Waals surface area contributed by atoms with Gasteiger partial charge in [0.15, 0.2) is 5.76 Å². The van der Waals surface area contributed by atoms with E-state index in [1.54, 1.807) is 17.0 Å². The van der Waals surface area contributed by atoms with E-state index in [1.807, 2.05) is 38.1 Å². The molecule has 3 rings (SSSR count). The van der Waals surface area contributed by atoms with Gasteiger partial charge in [-0.1, -0.05) is 31.2 Å². The number of carbonyl (C=O) groups excluding carboxylic acids is 2. The van der Waals surface area contributed by atoms with Gasteiger partial charge in [0, 0.05) is 19.0 Å². The molecule has 1 aliphatic rings. The van der Waals surface area contributed by atoms with Crippen molar-refractivity contribution >= 4 is 11.8 Å². The van der Waals surface area contributed by atoms with Crippen LogP contribution in [-0.4, -0.2) is 28.8 Å². The molecule has 2 unspecified atom stereocenters. The van der Waals surface area contributed by atoms with E-state index < -0.39 is 6.04 Å². The number of nitrogens with zero attached hydrogens (tertiary/aromatic N) is 1. The quantitative estimate of drug-likeness (QED) is 0.940. The Morgan fingerprint density at radius 2 is 2.00 bits per heavy atom. The first-order valence-electron chi connectivity index (χ1n) is 8.31. The highest BCUT2D eigenvalue weighted by atomic mass is 16.3. The zero-order chi connectivity index (χ0) is 17.1. The first kappa shape index (κ1) is 16.3. The van der Waals surface area contributed by atoms with Gasteiger partial charge in [0.25, 0.3) is 5.91 Å². The second-order valence-electron chi connectivity index (χ2n) is 6.22. The van der Waals surface area contributed by atoms with E-state index in [0.29, 0.717) is 13.0 Å². The third-order valence-electron chi connectivity index (χ3n) is 4.55. The molecule has 0 aliphatic carbocycles. The largest absolute Gasteiger partial charge is 0.459 e. The number of nitrogens with one attached hydrogen (secondary N) is 1. The lowest BCUT2D eigenvalue weighted by Gasteiger charge is -2.36. The molecule has 0 radical (unpaired) electrons. The summed E-state index contributed by atoms with van der Waals surface area (Å²) in [5.74, 6) is -0.103. The van der Waals surface area contributed by atoms with E-state index >= 15 is 0 Å². The van der Waals surface area contributed by atoms with Crippen LogP contribution in [0, 0.1) is 0 Å². The molecule has 0 spiro atoms. The standard InChI is InChI=1S/C19H22N2O3/c1-3-13(2)20-18(22)16-11-14-7-4-5-8-15(14)12-21(16)19(23)17-9-6-10-24-17/h4-10,13,16H,3,11-12H2,1-2H3,(H,20,22). The zero-order valence-corrected chi connectivity index (χ0v) is 14.0. The summed E-state index contributed by atoms with van der Waals surface area (Å²) >= 11 is 0. The maximum Gasteiger partial charge on any atom is 0.290 e. The molecule has 24 heavy (non-hydrogen) atoms. The van der Waals surface area contributed by atoms with Crippen molar-refractivity contribution < 1.29 is 14.0 Å². The van der Waals surface area contributed by atoms with Crippen molar-refractivity contribution in [1.82, 2.24) is 10.2 Å². The molecular weight excluding hydrogens is 304 g/mol. The topological polar surface area (TPSA) is 62.6 Å². The van der Waals surface area contributed by atoms with Gasteiger partial charge in [-0.25, -0.2) is 0 Å². The van der Waals surface area contributed by atoms with Crippen molar-refractivity contribution in [3.8, 4) is 0 Å². The van der Waals surface area contributed by atoms with Gasteiger partial charge in [-0.15, -0.1) is 0 Å². The highest BCUT2D eigenvalue weighted by Gasteiger charge is 2.36. The van der Waals surface area contributed by atoms with Crippen molar-refractivity contribution in [2.75, 3.05) is 0 Å². The van der Waals surface area contributed by atoms with Crippen LogP contribution in [0.4, 0.5) is 0 Å². The molecule has 2 atom stereocenters. The monoisotopic (exact) mass is 326 g/mol. The predicted molar refractivity (Wildman–Crippen MR) is 90.4 cm³/mol. The van der Waals surface area contributed by atoms with Crippen LogP contribution in [-0.2, 0) is 17.8 Å². The van der Waals surface area contributed by atoms with Crippen molar-refractivity contribution in [3.63, 3.8) is 0 Å². The van der Waals surface area contributed by atoms with Crippen LogP contribution in [0.15, 0.2) is 47.1 Å². The van der Waals surface area contributed by atoms with E-state index in [2.05, 4.69) is 5.32 Å². The van der Waals surface area contributed by atoms with E-state index in [0.717, 1.165) is 17.5 Å². The normalized spacial score (nSPS) is 17.9. The van der Waals surface area contributed by atoms with E-state index in [9.17, 15) is 9.59 Å². The Labute approximate surface area is 141 Å². The molecule has 0 saturated heterocycles. The molecule has 0 bridgehead atoms. The van der Waals surface area contributed by atoms with Gasteiger partial charge < -0.3 is 14.6 Å². The lowest BCUT2D eigenvalue weighted by molar-refractivity contribution is -0.126. The van der Waals surface area contributed by atoms with Crippen LogP contribution in [0.2, 0.25) is 0 Å². The fourth-order valence-corrected chi connectivity index (χ4v) is 2.95. The van der Waals surface area contributed by atoms with Crippen LogP contribution in [0.25, 0.3) is 0 Å². The SMILES string of the molecule is CCC(C)NC(=O)C1Cc2ccccc2CN1C(=O)c1ccco1. The van der Waals surface area contributed by atoms with Gasteiger partial charge >= 0.3 is 0 Å². The number of hydrogen-bond donors (Lipinski definition) is 1. The molecule has 126 valence electrons. The fourth-order valence-electron chi connectivity index (χ4n) is 2.95. The minimum Gasteiger partial charge on any atom is -0.459 e. The summed E-state index contributed by atoms with van der Waals surface area (Å²) in [6, 6.07) is 10.8. The number of rotatable bonds is 4. The smallest absolute Gasteiger partial charge is 0.290 e. The average molecular weight is 326 g/mol. The first-order valence-corrected chi connectivity index (χ1v) is 8.31. The maximum absolute atomic E-state index is 12.8. The summed E-state index contributed by atoms with van der Waals surface area (Å²) in [7, 11) is 0. The van der Waals surface area contributed by atoms with Crippen molar-refractivity contribution in [3.05, 3.63) is 59.5 Å². The van der Waals surface area contributed by atoms with E-state index in [4.69, 9.17) is 4.42 Å². The average Bonchev–Trinajstić information content (AvgIpc) is 3.14. The summed E-state index contributed by atoms with van der Waals surface area (Å²) in [6.45, 7) is 4.40. The summed E-state index contributed by atoms with van der Waals surface area (Å²) < 4.78 is 5.24. The number of benzene rings is 1.